The van der Waals surface area contributed by atoms with Crippen LogP contribution in [0.3, 0.4) is 0 Å². The summed E-state index contributed by atoms with van der Waals surface area (Å²) in [5, 5.41) is 0. The maximum atomic E-state index is 5.86. The fourth-order valence-electron chi connectivity index (χ4n) is 3.48. The smallest absolute Gasteiger partial charge is 0.227 e. The summed E-state index contributed by atoms with van der Waals surface area (Å²) in [4.78, 5) is 13.5. The Bertz CT molecular complexity index is 548. The predicted molar refractivity (Wildman–Crippen MR) is 103 cm³/mol. The molecule has 6 nitrogen and oxygen atoms in total. The van der Waals surface area contributed by atoms with Crippen LogP contribution >= 0.6 is 15.9 Å². The number of anilines is 2. The van der Waals surface area contributed by atoms with Crippen molar-refractivity contribution < 1.29 is 9.47 Å². The van der Waals surface area contributed by atoms with Gasteiger partial charge in [0.25, 0.3) is 0 Å². The number of halogens is 1. The first-order valence-electron chi connectivity index (χ1n) is 9.31. The van der Waals surface area contributed by atoms with E-state index in [1.165, 1.54) is 25.7 Å². The summed E-state index contributed by atoms with van der Waals surface area (Å²) in [7, 11) is 4.11. The number of rotatable bonds is 6. The average Bonchev–Trinajstić information content (AvgIpc) is 2.63. The molecule has 0 radical (unpaired) electrons. The second kappa shape index (κ2) is 9.14. The maximum absolute atomic E-state index is 5.86. The van der Waals surface area contributed by atoms with Gasteiger partial charge in [-0.05, 0) is 54.5 Å². The van der Waals surface area contributed by atoms with Crippen molar-refractivity contribution >= 4 is 27.7 Å². The number of likely N-dealkylation sites (N-methyl/N-ethyl adjacent to an activating group) is 2. The molecule has 0 spiro atoms. The topological polar surface area (TPSA) is 50.7 Å². The zero-order chi connectivity index (χ0) is 17.6. The van der Waals surface area contributed by atoms with Gasteiger partial charge >= 0.3 is 0 Å². The summed E-state index contributed by atoms with van der Waals surface area (Å²) in [5.74, 6) is 1.65. The van der Waals surface area contributed by atoms with Gasteiger partial charge in [0.05, 0.1) is 16.7 Å². The highest BCUT2D eigenvalue weighted by molar-refractivity contribution is 9.10. The van der Waals surface area contributed by atoms with E-state index < -0.39 is 0 Å². The summed E-state index contributed by atoms with van der Waals surface area (Å²) in [6.07, 6.45) is 9.50. The predicted octanol–water partition coefficient (Wildman–Crippen LogP) is 3.25. The van der Waals surface area contributed by atoms with Crippen LogP contribution in [0.5, 0.6) is 0 Å². The minimum absolute atomic E-state index is 0.280. The molecule has 0 aromatic carbocycles. The number of nitrogens with zero attached hydrogens (tertiary/aromatic N) is 4. The van der Waals surface area contributed by atoms with Gasteiger partial charge in [0, 0.05) is 46.6 Å². The van der Waals surface area contributed by atoms with Gasteiger partial charge < -0.3 is 19.3 Å². The van der Waals surface area contributed by atoms with Gasteiger partial charge in [-0.1, -0.05) is 0 Å². The Kier molecular flexibility index (Phi) is 6.90. The molecule has 25 heavy (non-hydrogen) atoms. The monoisotopic (exact) mass is 412 g/mol. The van der Waals surface area contributed by atoms with Crippen molar-refractivity contribution in [3.8, 4) is 0 Å². The fourth-order valence-corrected chi connectivity index (χ4v) is 3.98. The van der Waals surface area contributed by atoms with Crippen LogP contribution in [0.2, 0.25) is 0 Å². The van der Waals surface area contributed by atoms with Crippen molar-refractivity contribution in [3.63, 3.8) is 0 Å². The zero-order valence-corrected chi connectivity index (χ0v) is 16.9. The molecular weight excluding hydrogens is 384 g/mol. The number of hydrogen-bond acceptors (Lipinski definition) is 6. The Labute approximate surface area is 159 Å². The summed E-state index contributed by atoms with van der Waals surface area (Å²) >= 11 is 3.59. The van der Waals surface area contributed by atoms with E-state index in [2.05, 4.69) is 37.8 Å². The molecule has 1 aromatic heterocycles. The Morgan fingerprint density at radius 1 is 1.00 bits per heavy atom. The SMILES string of the molecule is CN(C[C@H]1CCCCO1)c1ncc(Br)c(N(C)C[C@H]2CCCCO2)n1. The van der Waals surface area contributed by atoms with Crippen molar-refractivity contribution in [1.29, 1.82) is 0 Å². The van der Waals surface area contributed by atoms with Crippen LogP contribution in [0, 0.1) is 0 Å². The molecule has 0 amide bonds. The van der Waals surface area contributed by atoms with Crippen molar-refractivity contribution in [1.82, 2.24) is 9.97 Å². The van der Waals surface area contributed by atoms with Crippen molar-refractivity contribution in [3.05, 3.63) is 10.7 Å². The Morgan fingerprint density at radius 2 is 1.60 bits per heavy atom. The molecule has 2 aliphatic rings. The number of ether oxygens (including phenoxy) is 2. The van der Waals surface area contributed by atoms with Crippen molar-refractivity contribution in [2.75, 3.05) is 50.2 Å². The molecule has 2 fully saturated rings. The molecule has 0 N–H and O–H groups in total. The van der Waals surface area contributed by atoms with Gasteiger partial charge in [-0.3, -0.25) is 0 Å². The van der Waals surface area contributed by atoms with Crippen LogP contribution in [-0.4, -0.2) is 62.6 Å². The van der Waals surface area contributed by atoms with E-state index in [9.17, 15) is 0 Å². The highest BCUT2D eigenvalue weighted by Gasteiger charge is 2.21. The van der Waals surface area contributed by atoms with Crippen LogP contribution in [0.25, 0.3) is 0 Å². The summed E-state index contributed by atoms with van der Waals surface area (Å²) in [6, 6.07) is 0. The van der Waals surface area contributed by atoms with E-state index in [1.807, 2.05) is 13.2 Å². The first-order valence-corrected chi connectivity index (χ1v) is 10.1. The van der Waals surface area contributed by atoms with Crippen LogP contribution in [0.1, 0.15) is 38.5 Å². The molecule has 2 saturated heterocycles. The first-order chi connectivity index (χ1) is 12.1. The van der Waals surface area contributed by atoms with Gasteiger partial charge in [0.2, 0.25) is 5.95 Å². The molecule has 3 heterocycles. The standard InChI is InChI=1S/C18H29BrN4O2/c1-22(12-14-7-3-5-9-24-14)17-16(19)11-20-18(21-17)23(2)13-15-8-4-6-10-25-15/h11,14-15H,3-10,12-13H2,1-2H3/t14-,15-/m1/s1. The van der Waals surface area contributed by atoms with Gasteiger partial charge in [-0.2, -0.15) is 4.98 Å². The van der Waals surface area contributed by atoms with E-state index in [0.29, 0.717) is 0 Å². The molecule has 7 heteroatoms. The molecule has 2 aliphatic heterocycles. The lowest BCUT2D eigenvalue weighted by Gasteiger charge is -2.30. The highest BCUT2D eigenvalue weighted by Crippen LogP contribution is 2.26. The molecule has 2 atom stereocenters. The molecule has 3 rings (SSSR count). The lowest BCUT2D eigenvalue weighted by atomic mass is 10.1. The van der Waals surface area contributed by atoms with E-state index in [0.717, 1.165) is 55.4 Å². The van der Waals surface area contributed by atoms with Crippen molar-refractivity contribution in [2.45, 2.75) is 50.7 Å². The normalized spacial score (nSPS) is 24.1. The second-order valence-corrected chi connectivity index (χ2v) is 7.93. The third-order valence-electron chi connectivity index (χ3n) is 4.92. The fraction of sp³-hybridized carbons (Fsp3) is 0.778. The molecule has 140 valence electrons. The minimum atomic E-state index is 0.280. The van der Waals surface area contributed by atoms with Crippen LogP contribution in [-0.2, 0) is 9.47 Å². The Balaban J connectivity index is 1.64. The second-order valence-electron chi connectivity index (χ2n) is 7.08. The number of aromatic nitrogens is 2. The van der Waals surface area contributed by atoms with E-state index in [4.69, 9.17) is 14.5 Å². The average molecular weight is 413 g/mol. The summed E-state index contributed by atoms with van der Waals surface area (Å²) < 4.78 is 12.6. The minimum Gasteiger partial charge on any atom is -0.376 e. The summed E-state index contributed by atoms with van der Waals surface area (Å²) in [6.45, 7) is 3.43. The lowest BCUT2D eigenvalue weighted by molar-refractivity contribution is 0.0214. The third kappa shape index (κ3) is 5.28. The largest absolute Gasteiger partial charge is 0.376 e. The zero-order valence-electron chi connectivity index (χ0n) is 15.3. The van der Waals surface area contributed by atoms with E-state index in [-0.39, 0.29) is 12.2 Å². The Hall–Kier alpha value is -0.920. The molecule has 1 aromatic rings. The number of hydrogen-bond donors (Lipinski definition) is 0. The van der Waals surface area contributed by atoms with Gasteiger partial charge in [0.15, 0.2) is 0 Å². The van der Waals surface area contributed by atoms with E-state index >= 15 is 0 Å². The molecule has 0 bridgehead atoms. The highest BCUT2D eigenvalue weighted by atomic mass is 79.9. The quantitative estimate of drug-likeness (QED) is 0.714. The van der Waals surface area contributed by atoms with Crippen molar-refractivity contribution in [2.24, 2.45) is 0 Å². The van der Waals surface area contributed by atoms with Crippen LogP contribution in [0.15, 0.2) is 10.7 Å². The van der Waals surface area contributed by atoms with Gasteiger partial charge in [0.1, 0.15) is 5.82 Å². The molecule has 0 unspecified atom stereocenters. The molecule has 0 aliphatic carbocycles. The van der Waals surface area contributed by atoms with E-state index in [1.54, 1.807) is 0 Å². The van der Waals surface area contributed by atoms with Crippen LogP contribution < -0.4 is 9.80 Å². The first kappa shape index (κ1) is 18.9. The molecular formula is C18H29BrN4O2. The maximum Gasteiger partial charge on any atom is 0.227 e. The van der Waals surface area contributed by atoms with Gasteiger partial charge in [-0.25, -0.2) is 4.98 Å². The lowest BCUT2D eigenvalue weighted by Crippen LogP contribution is -2.36. The van der Waals surface area contributed by atoms with Gasteiger partial charge in [-0.15, -0.1) is 0 Å². The summed E-state index contributed by atoms with van der Waals surface area (Å²) in [5.41, 5.74) is 0. The van der Waals surface area contributed by atoms with Crippen LogP contribution in [0.4, 0.5) is 11.8 Å². The molecule has 0 saturated carbocycles. The Morgan fingerprint density at radius 3 is 2.16 bits per heavy atom. The third-order valence-corrected chi connectivity index (χ3v) is 5.48.